The third-order valence-electron chi connectivity index (χ3n) is 7.67. The molecule has 0 spiro atoms. The number of nitrogens with zero attached hydrogens (tertiary/aromatic N) is 5. The van der Waals surface area contributed by atoms with Gasteiger partial charge in [-0.2, -0.15) is 4.98 Å². The fourth-order valence-corrected chi connectivity index (χ4v) is 6.93. The standard InChI is InChI=1S/C20H28N6O2/c27-15-3-1-14(2-4-15)22-18-21-10-16-17(23-18)26(25-24-16)19-6-12-5-13(7-19)9-20(28,8-12)11-19/h10,12-15,27-28H,1-9,11H2,(H,21,22,23). The van der Waals surface area contributed by atoms with Crippen LogP contribution in [0.15, 0.2) is 6.20 Å². The molecule has 0 aliphatic heterocycles. The predicted molar refractivity (Wildman–Crippen MR) is 103 cm³/mol. The fourth-order valence-electron chi connectivity index (χ4n) is 6.93. The van der Waals surface area contributed by atoms with Gasteiger partial charge >= 0.3 is 0 Å². The summed E-state index contributed by atoms with van der Waals surface area (Å²) in [6.07, 6.45) is 11.1. The molecule has 8 nitrogen and oxygen atoms in total. The minimum absolute atomic E-state index is 0.159. The lowest BCUT2D eigenvalue weighted by molar-refractivity contribution is -0.158. The Morgan fingerprint density at radius 2 is 1.82 bits per heavy atom. The number of nitrogens with one attached hydrogen (secondary N) is 1. The minimum atomic E-state index is -0.542. The molecule has 5 saturated carbocycles. The molecular weight excluding hydrogens is 356 g/mol. The summed E-state index contributed by atoms with van der Waals surface area (Å²) < 4.78 is 2.02. The minimum Gasteiger partial charge on any atom is -0.393 e. The van der Waals surface area contributed by atoms with Crippen LogP contribution in [-0.2, 0) is 5.54 Å². The first kappa shape index (κ1) is 17.1. The largest absolute Gasteiger partial charge is 0.393 e. The molecule has 2 unspecified atom stereocenters. The highest BCUT2D eigenvalue weighted by atomic mass is 16.3. The molecule has 2 aromatic heterocycles. The zero-order chi connectivity index (χ0) is 18.9. The molecule has 0 aromatic carbocycles. The summed E-state index contributed by atoms with van der Waals surface area (Å²) in [6, 6.07) is 0.297. The maximum absolute atomic E-state index is 11.1. The molecule has 5 fully saturated rings. The summed E-state index contributed by atoms with van der Waals surface area (Å²) in [4.78, 5) is 9.24. The van der Waals surface area contributed by atoms with E-state index in [0.29, 0.717) is 29.3 Å². The van der Waals surface area contributed by atoms with Crippen molar-refractivity contribution in [3.63, 3.8) is 0 Å². The second-order valence-corrected chi connectivity index (χ2v) is 9.96. The van der Waals surface area contributed by atoms with Crippen molar-refractivity contribution in [2.45, 2.75) is 87.5 Å². The summed E-state index contributed by atoms with van der Waals surface area (Å²) in [6.45, 7) is 0. The highest BCUT2D eigenvalue weighted by Gasteiger charge is 2.59. The summed E-state index contributed by atoms with van der Waals surface area (Å²) in [5.74, 6) is 1.78. The van der Waals surface area contributed by atoms with E-state index in [-0.39, 0.29) is 11.6 Å². The summed E-state index contributed by atoms with van der Waals surface area (Å²) in [7, 11) is 0. The molecule has 0 radical (unpaired) electrons. The van der Waals surface area contributed by atoms with E-state index in [1.165, 1.54) is 6.42 Å². The molecule has 2 aromatic rings. The molecule has 5 aliphatic rings. The number of aliphatic hydroxyl groups is 2. The van der Waals surface area contributed by atoms with Crippen LogP contribution >= 0.6 is 0 Å². The van der Waals surface area contributed by atoms with Crippen molar-refractivity contribution in [1.29, 1.82) is 0 Å². The maximum Gasteiger partial charge on any atom is 0.225 e. The van der Waals surface area contributed by atoms with Crippen molar-refractivity contribution < 1.29 is 10.2 Å². The Balaban J connectivity index is 1.33. The van der Waals surface area contributed by atoms with Gasteiger partial charge in [-0.1, -0.05) is 5.21 Å². The number of rotatable bonds is 3. The molecule has 2 heterocycles. The van der Waals surface area contributed by atoms with E-state index < -0.39 is 5.60 Å². The molecule has 4 bridgehead atoms. The first-order valence-corrected chi connectivity index (χ1v) is 10.8. The molecule has 5 aliphatic carbocycles. The highest BCUT2D eigenvalue weighted by Crippen LogP contribution is 2.60. The molecule has 150 valence electrons. The van der Waals surface area contributed by atoms with Crippen LogP contribution in [0.1, 0.15) is 64.2 Å². The van der Waals surface area contributed by atoms with Gasteiger partial charge in [0.25, 0.3) is 0 Å². The van der Waals surface area contributed by atoms with E-state index in [2.05, 4.69) is 20.6 Å². The second-order valence-electron chi connectivity index (χ2n) is 9.96. The molecule has 7 rings (SSSR count). The number of aliphatic hydroxyl groups excluding tert-OH is 1. The Bertz CT molecular complexity index is 891. The number of hydrogen-bond acceptors (Lipinski definition) is 7. The van der Waals surface area contributed by atoms with Gasteiger partial charge in [-0.25, -0.2) is 9.67 Å². The monoisotopic (exact) mass is 384 g/mol. The summed E-state index contributed by atoms with van der Waals surface area (Å²) in [5.41, 5.74) is 0.791. The van der Waals surface area contributed by atoms with Crippen LogP contribution in [0, 0.1) is 11.8 Å². The Kier molecular flexibility index (Phi) is 3.57. The number of aromatic nitrogens is 5. The van der Waals surface area contributed by atoms with Gasteiger partial charge < -0.3 is 15.5 Å². The van der Waals surface area contributed by atoms with E-state index >= 15 is 0 Å². The van der Waals surface area contributed by atoms with Crippen LogP contribution in [0.25, 0.3) is 11.2 Å². The van der Waals surface area contributed by atoms with Crippen LogP contribution in [-0.4, -0.2) is 52.9 Å². The van der Waals surface area contributed by atoms with Gasteiger partial charge in [0.1, 0.15) is 0 Å². The first-order chi connectivity index (χ1) is 13.5. The lowest BCUT2D eigenvalue weighted by Gasteiger charge is -2.59. The van der Waals surface area contributed by atoms with Crippen LogP contribution in [0.2, 0.25) is 0 Å². The molecule has 0 amide bonds. The van der Waals surface area contributed by atoms with Crippen molar-refractivity contribution in [2.75, 3.05) is 5.32 Å². The van der Waals surface area contributed by atoms with Crippen LogP contribution in [0.4, 0.5) is 5.95 Å². The molecule has 28 heavy (non-hydrogen) atoms. The van der Waals surface area contributed by atoms with Gasteiger partial charge in [0.2, 0.25) is 5.95 Å². The molecule has 2 atom stereocenters. The van der Waals surface area contributed by atoms with E-state index in [1.807, 2.05) is 4.68 Å². The number of anilines is 1. The van der Waals surface area contributed by atoms with E-state index in [4.69, 9.17) is 4.98 Å². The normalized spacial score (nSPS) is 42.2. The van der Waals surface area contributed by atoms with Crippen molar-refractivity contribution in [2.24, 2.45) is 11.8 Å². The van der Waals surface area contributed by atoms with E-state index in [0.717, 1.165) is 63.4 Å². The van der Waals surface area contributed by atoms with Crippen molar-refractivity contribution in [3.8, 4) is 0 Å². The Morgan fingerprint density at radius 3 is 2.54 bits per heavy atom. The van der Waals surface area contributed by atoms with Crippen molar-refractivity contribution >= 4 is 17.1 Å². The fraction of sp³-hybridized carbons (Fsp3) is 0.800. The van der Waals surface area contributed by atoms with Gasteiger partial charge in [0, 0.05) is 12.5 Å². The van der Waals surface area contributed by atoms with Crippen LogP contribution < -0.4 is 5.32 Å². The van der Waals surface area contributed by atoms with Gasteiger partial charge in [-0.3, -0.25) is 0 Å². The quantitative estimate of drug-likeness (QED) is 0.742. The Morgan fingerprint density at radius 1 is 1.07 bits per heavy atom. The molecular formula is C20H28N6O2. The van der Waals surface area contributed by atoms with E-state index in [9.17, 15) is 10.2 Å². The molecule has 8 heteroatoms. The van der Waals surface area contributed by atoms with Crippen LogP contribution in [0.5, 0.6) is 0 Å². The van der Waals surface area contributed by atoms with Crippen LogP contribution in [0.3, 0.4) is 0 Å². The maximum atomic E-state index is 11.1. The SMILES string of the molecule is OC1CCC(Nc2ncc3nnn(C45CC6CC(CC(O)(C6)C4)C5)c3n2)CC1. The van der Waals surface area contributed by atoms with Gasteiger partial charge in [0.15, 0.2) is 11.2 Å². The predicted octanol–water partition coefficient (Wildman–Crippen LogP) is 1.98. The van der Waals surface area contributed by atoms with Gasteiger partial charge in [-0.15, -0.1) is 5.10 Å². The topological polar surface area (TPSA) is 109 Å². The zero-order valence-electron chi connectivity index (χ0n) is 16.1. The Labute approximate surface area is 163 Å². The Hall–Kier alpha value is -1.80. The van der Waals surface area contributed by atoms with Crippen molar-refractivity contribution in [1.82, 2.24) is 25.0 Å². The lowest BCUT2D eigenvalue weighted by atomic mass is 9.51. The second kappa shape index (κ2) is 5.86. The zero-order valence-corrected chi connectivity index (χ0v) is 16.1. The average Bonchev–Trinajstić information content (AvgIpc) is 3.06. The van der Waals surface area contributed by atoms with Crippen molar-refractivity contribution in [3.05, 3.63) is 6.20 Å². The van der Waals surface area contributed by atoms with Gasteiger partial charge in [0.05, 0.1) is 23.4 Å². The summed E-state index contributed by atoms with van der Waals surface area (Å²) >= 11 is 0. The number of fused-ring (bicyclic) bond motifs is 1. The third-order valence-corrected chi connectivity index (χ3v) is 7.67. The third kappa shape index (κ3) is 2.64. The average molecular weight is 384 g/mol. The molecule has 3 N–H and O–H groups in total. The summed E-state index contributed by atoms with van der Waals surface area (Å²) in [5, 5.41) is 33.1. The smallest absolute Gasteiger partial charge is 0.225 e. The highest BCUT2D eigenvalue weighted by molar-refractivity contribution is 5.70. The molecule has 0 saturated heterocycles. The lowest BCUT2D eigenvalue weighted by Crippen LogP contribution is -2.59. The van der Waals surface area contributed by atoms with E-state index in [1.54, 1.807) is 6.20 Å². The van der Waals surface area contributed by atoms with Gasteiger partial charge in [-0.05, 0) is 69.6 Å². The first-order valence-electron chi connectivity index (χ1n) is 10.8. The number of hydrogen-bond donors (Lipinski definition) is 3.